The Morgan fingerprint density at radius 1 is 1.37 bits per heavy atom. The van der Waals surface area contributed by atoms with E-state index in [1.807, 2.05) is 6.92 Å². The molecule has 110 valence electrons. The molecular formula is C15H28N2O2. The van der Waals surface area contributed by atoms with E-state index in [0.29, 0.717) is 18.0 Å². The van der Waals surface area contributed by atoms with E-state index in [1.54, 1.807) is 0 Å². The van der Waals surface area contributed by atoms with Crippen molar-refractivity contribution in [3.05, 3.63) is 0 Å². The average Bonchev–Trinajstić information content (AvgIpc) is 2.97. The largest absolute Gasteiger partial charge is 0.376 e. The fourth-order valence-corrected chi connectivity index (χ4v) is 3.19. The summed E-state index contributed by atoms with van der Waals surface area (Å²) in [6, 6.07) is 0.333. The lowest BCUT2D eigenvalue weighted by Gasteiger charge is -2.30. The second-order valence-electron chi connectivity index (χ2n) is 6.70. The molecule has 2 fully saturated rings. The van der Waals surface area contributed by atoms with E-state index in [4.69, 9.17) is 4.74 Å². The molecule has 0 unspecified atom stereocenters. The molecule has 2 aliphatic rings. The van der Waals surface area contributed by atoms with E-state index in [9.17, 15) is 4.79 Å². The van der Waals surface area contributed by atoms with Gasteiger partial charge in [0, 0.05) is 19.2 Å². The molecule has 0 aromatic rings. The van der Waals surface area contributed by atoms with Crippen LogP contribution in [0.15, 0.2) is 0 Å². The lowest BCUT2D eigenvalue weighted by molar-refractivity contribution is -0.123. The highest BCUT2D eigenvalue weighted by molar-refractivity contribution is 5.81. The molecule has 1 saturated heterocycles. The third-order valence-electron chi connectivity index (χ3n) is 4.63. The van der Waals surface area contributed by atoms with Crippen molar-refractivity contribution >= 4 is 5.91 Å². The zero-order chi connectivity index (χ0) is 13.9. The second-order valence-corrected chi connectivity index (χ2v) is 6.70. The number of ether oxygens (including phenoxy) is 1. The van der Waals surface area contributed by atoms with E-state index in [0.717, 1.165) is 19.4 Å². The van der Waals surface area contributed by atoms with Crippen molar-refractivity contribution in [2.45, 2.75) is 71.1 Å². The SMILES string of the molecule is C[C@H](N[C@H]1CCCC1(C)C)C(=O)NC[C@H]1CCCO1. The summed E-state index contributed by atoms with van der Waals surface area (Å²) < 4.78 is 5.51. The Hall–Kier alpha value is -0.610. The van der Waals surface area contributed by atoms with Gasteiger partial charge in [0.05, 0.1) is 12.1 Å². The van der Waals surface area contributed by atoms with Crippen molar-refractivity contribution in [2.24, 2.45) is 5.41 Å². The van der Waals surface area contributed by atoms with Gasteiger partial charge in [0.1, 0.15) is 0 Å². The zero-order valence-corrected chi connectivity index (χ0v) is 12.5. The Balaban J connectivity index is 1.72. The molecular weight excluding hydrogens is 240 g/mol. The minimum absolute atomic E-state index is 0.0956. The molecule has 1 amide bonds. The Morgan fingerprint density at radius 2 is 2.16 bits per heavy atom. The third kappa shape index (κ3) is 3.93. The summed E-state index contributed by atoms with van der Waals surface area (Å²) >= 11 is 0. The molecule has 1 heterocycles. The van der Waals surface area contributed by atoms with Crippen LogP contribution in [0.3, 0.4) is 0 Å². The highest BCUT2D eigenvalue weighted by Crippen LogP contribution is 2.37. The first-order valence-corrected chi connectivity index (χ1v) is 7.64. The molecule has 0 radical (unpaired) electrons. The van der Waals surface area contributed by atoms with E-state index < -0.39 is 0 Å². The summed E-state index contributed by atoms with van der Waals surface area (Å²) in [5.41, 5.74) is 0.309. The van der Waals surface area contributed by atoms with Gasteiger partial charge in [-0.1, -0.05) is 20.3 Å². The number of hydrogen-bond acceptors (Lipinski definition) is 3. The monoisotopic (exact) mass is 268 g/mol. The number of amides is 1. The maximum atomic E-state index is 12.1. The van der Waals surface area contributed by atoms with Gasteiger partial charge in [0.2, 0.25) is 5.91 Å². The molecule has 1 aliphatic carbocycles. The molecule has 0 aromatic heterocycles. The number of rotatable bonds is 5. The third-order valence-corrected chi connectivity index (χ3v) is 4.63. The van der Waals surface area contributed by atoms with Gasteiger partial charge in [-0.15, -0.1) is 0 Å². The van der Waals surface area contributed by atoms with Crippen LogP contribution in [-0.2, 0) is 9.53 Å². The highest BCUT2D eigenvalue weighted by Gasteiger charge is 2.35. The van der Waals surface area contributed by atoms with Gasteiger partial charge >= 0.3 is 0 Å². The highest BCUT2D eigenvalue weighted by atomic mass is 16.5. The maximum absolute atomic E-state index is 12.1. The predicted octanol–water partition coefficient (Wildman–Crippen LogP) is 1.84. The average molecular weight is 268 g/mol. The molecule has 1 aliphatic heterocycles. The van der Waals surface area contributed by atoms with Gasteiger partial charge in [-0.05, 0) is 38.0 Å². The van der Waals surface area contributed by atoms with Crippen LogP contribution in [-0.4, -0.2) is 37.2 Å². The Kier molecular flexibility index (Phi) is 4.85. The van der Waals surface area contributed by atoms with Gasteiger partial charge in [-0.2, -0.15) is 0 Å². The molecule has 4 heteroatoms. The van der Waals surface area contributed by atoms with Gasteiger partial charge in [0.15, 0.2) is 0 Å². The smallest absolute Gasteiger partial charge is 0.236 e. The van der Waals surface area contributed by atoms with Crippen molar-refractivity contribution in [3.8, 4) is 0 Å². The standard InChI is InChI=1S/C15H28N2O2/c1-11(17-13-7-4-8-15(13,2)3)14(18)16-10-12-6-5-9-19-12/h11-13,17H,4-10H2,1-3H3,(H,16,18)/t11-,12+,13-/m0/s1. The fraction of sp³-hybridized carbons (Fsp3) is 0.933. The number of carbonyl (C=O) groups is 1. The quantitative estimate of drug-likeness (QED) is 0.800. The molecule has 4 nitrogen and oxygen atoms in total. The van der Waals surface area contributed by atoms with Crippen LogP contribution in [0.2, 0.25) is 0 Å². The van der Waals surface area contributed by atoms with Gasteiger partial charge in [-0.25, -0.2) is 0 Å². The van der Waals surface area contributed by atoms with Crippen molar-refractivity contribution in [1.82, 2.24) is 10.6 Å². The van der Waals surface area contributed by atoms with Crippen LogP contribution in [0.4, 0.5) is 0 Å². The van der Waals surface area contributed by atoms with Crippen molar-refractivity contribution in [2.75, 3.05) is 13.2 Å². The minimum Gasteiger partial charge on any atom is -0.376 e. The van der Waals surface area contributed by atoms with Crippen LogP contribution >= 0.6 is 0 Å². The Labute approximate surface area is 116 Å². The van der Waals surface area contributed by atoms with Gasteiger partial charge in [0.25, 0.3) is 0 Å². The molecule has 2 rings (SSSR count). The topological polar surface area (TPSA) is 50.4 Å². The van der Waals surface area contributed by atoms with E-state index >= 15 is 0 Å². The summed E-state index contributed by atoms with van der Waals surface area (Å²) in [6.45, 7) is 8.02. The second kappa shape index (κ2) is 6.23. The van der Waals surface area contributed by atoms with E-state index in [1.165, 1.54) is 19.3 Å². The molecule has 0 aromatic carbocycles. The predicted molar refractivity (Wildman–Crippen MR) is 76.0 cm³/mol. The Morgan fingerprint density at radius 3 is 2.74 bits per heavy atom. The van der Waals surface area contributed by atoms with E-state index in [2.05, 4.69) is 24.5 Å². The molecule has 0 bridgehead atoms. The minimum atomic E-state index is -0.122. The summed E-state index contributed by atoms with van der Waals surface area (Å²) in [6.07, 6.45) is 6.08. The molecule has 2 N–H and O–H groups in total. The molecule has 19 heavy (non-hydrogen) atoms. The summed E-state index contributed by atoms with van der Waals surface area (Å²) in [5, 5.41) is 6.49. The van der Waals surface area contributed by atoms with Crippen LogP contribution in [0.1, 0.15) is 52.9 Å². The molecule has 1 saturated carbocycles. The number of nitrogens with one attached hydrogen (secondary N) is 2. The zero-order valence-electron chi connectivity index (χ0n) is 12.5. The normalized spacial score (nSPS) is 31.3. The maximum Gasteiger partial charge on any atom is 0.236 e. The van der Waals surface area contributed by atoms with E-state index in [-0.39, 0.29) is 18.1 Å². The number of carbonyl (C=O) groups excluding carboxylic acids is 1. The van der Waals surface area contributed by atoms with Crippen molar-refractivity contribution in [3.63, 3.8) is 0 Å². The van der Waals surface area contributed by atoms with Crippen LogP contribution in [0.25, 0.3) is 0 Å². The van der Waals surface area contributed by atoms with Gasteiger partial charge < -0.3 is 15.4 Å². The first-order chi connectivity index (χ1) is 8.99. The van der Waals surface area contributed by atoms with Crippen LogP contribution in [0, 0.1) is 5.41 Å². The fourth-order valence-electron chi connectivity index (χ4n) is 3.19. The lowest BCUT2D eigenvalue weighted by atomic mass is 9.87. The van der Waals surface area contributed by atoms with Crippen LogP contribution < -0.4 is 10.6 Å². The van der Waals surface area contributed by atoms with Crippen molar-refractivity contribution < 1.29 is 9.53 Å². The lowest BCUT2D eigenvalue weighted by Crippen LogP contribution is -2.50. The summed E-state index contributed by atoms with van der Waals surface area (Å²) in [4.78, 5) is 12.1. The summed E-state index contributed by atoms with van der Waals surface area (Å²) in [5.74, 6) is 0.0956. The van der Waals surface area contributed by atoms with Gasteiger partial charge in [-0.3, -0.25) is 4.79 Å². The van der Waals surface area contributed by atoms with Crippen LogP contribution in [0.5, 0.6) is 0 Å². The van der Waals surface area contributed by atoms with Crippen molar-refractivity contribution in [1.29, 1.82) is 0 Å². The Bertz CT molecular complexity index is 311. The molecule has 3 atom stereocenters. The first kappa shape index (κ1) is 14.8. The first-order valence-electron chi connectivity index (χ1n) is 7.64. The number of hydrogen-bond donors (Lipinski definition) is 2. The summed E-state index contributed by atoms with van der Waals surface area (Å²) in [7, 11) is 0. The molecule has 0 spiro atoms.